The zero-order valence-corrected chi connectivity index (χ0v) is 16.9. The van der Waals surface area contributed by atoms with E-state index in [1.807, 2.05) is 25.1 Å². The molecule has 0 unspecified atom stereocenters. The summed E-state index contributed by atoms with van der Waals surface area (Å²) in [5, 5.41) is 17.4. The Hall–Kier alpha value is -2.16. The number of hydrogen-bond donors (Lipinski definition) is 2. The number of methoxy groups -OCH3 is 1. The van der Waals surface area contributed by atoms with Gasteiger partial charge >= 0.3 is 0 Å². The molecule has 3 aromatic rings. The van der Waals surface area contributed by atoms with E-state index in [2.05, 4.69) is 45.1 Å². The van der Waals surface area contributed by atoms with Gasteiger partial charge in [0, 0.05) is 13.7 Å². The highest BCUT2D eigenvalue weighted by atomic mass is 32.2. The van der Waals surface area contributed by atoms with Crippen LogP contribution in [0.5, 0.6) is 0 Å². The van der Waals surface area contributed by atoms with Gasteiger partial charge < -0.3 is 15.4 Å². The molecule has 2 aromatic carbocycles. The molecule has 0 radical (unpaired) electrons. The maximum Gasteiger partial charge on any atom is 0.230 e. The van der Waals surface area contributed by atoms with E-state index in [0.717, 1.165) is 20.4 Å². The first kappa shape index (κ1) is 19.6. The van der Waals surface area contributed by atoms with Gasteiger partial charge in [-0.1, -0.05) is 65.6 Å². The minimum atomic E-state index is -0.0649. The summed E-state index contributed by atoms with van der Waals surface area (Å²) in [7, 11) is 1.65. The van der Waals surface area contributed by atoms with Crippen molar-refractivity contribution in [3.05, 3.63) is 48.0 Å². The third kappa shape index (κ3) is 5.41. The van der Waals surface area contributed by atoms with Crippen LogP contribution in [0.15, 0.2) is 46.8 Å². The van der Waals surface area contributed by atoms with Gasteiger partial charge in [-0.2, -0.15) is 0 Å². The van der Waals surface area contributed by atoms with Gasteiger partial charge in [-0.15, -0.1) is 10.2 Å². The molecule has 0 aliphatic heterocycles. The number of nitrogens with one attached hydrogen (secondary N) is 2. The monoisotopic (exact) mass is 402 g/mol. The number of ether oxygens (including phenoxy) is 1. The molecular formula is C19H22N4O2S2. The molecule has 0 saturated heterocycles. The van der Waals surface area contributed by atoms with Crippen molar-refractivity contribution in [2.75, 3.05) is 31.3 Å². The number of hydrogen-bond acceptors (Lipinski definition) is 7. The smallest absolute Gasteiger partial charge is 0.230 e. The van der Waals surface area contributed by atoms with E-state index in [4.69, 9.17) is 4.74 Å². The van der Waals surface area contributed by atoms with Gasteiger partial charge in [-0.05, 0) is 23.3 Å². The number of carbonyl (C=O) groups is 1. The highest BCUT2D eigenvalue weighted by Crippen LogP contribution is 2.26. The second-order valence-corrected chi connectivity index (χ2v) is 8.14. The average molecular weight is 403 g/mol. The Morgan fingerprint density at radius 2 is 2.04 bits per heavy atom. The highest BCUT2D eigenvalue weighted by molar-refractivity contribution is 8.01. The van der Waals surface area contributed by atoms with Crippen LogP contribution in [0.25, 0.3) is 10.8 Å². The van der Waals surface area contributed by atoms with E-state index in [1.165, 1.54) is 28.5 Å². The van der Waals surface area contributed by atoms with Crippen LogP contribution in [0.4, 0.5) is 5.13 Å². The Bertz CT molecular complexity index is 895. The second kappa shape index (κ2) is 9.68. The van der Waals surface area contributed by atoms with E-state index in [0.29, 0.717) is 18.9 Å². The fourth-order valence-corrected chi connectivity index (χ4v) is 4.30. The molecule has 1 atom stereocenters. The number of fused-ring (bicyclic) bond motifs is 1. The van der Waals surface area contributed by atoms with Crippen LogP contribution in [-0.2, 0) is 9.53 Å². The summed E-state index contributed by atoms with van der Waals surface area (Å²) in [6, 6.07) is 14.3. The molecule has 0 bridgehead atoms. The molecule has 2 N–H and O–H groups in total. The number of thioether (sulfide) groups is 1. The number of benzene rings is 2. The molecule has 3 rings (SSSR count). The molecule has 1 amide bonds. The van der Waals surface area contributed by atoms with Crippen LogP contribution < -0.4 is 10.6 Å². The normalized spacial score (nSPS) is 12.1. The molecular weight excluding hydrogens is 380 g/mol. The van der Waals surface area contributed by atoms with Crippen LogP contribution >= 0.6 is 23.1 Å². The minimum absolute atomic E-state index is 0.0236. The lowest BCUT2D eigenvalue weighted by atomic mass is 10.00. The molecule has 0 spiro atoms. The average Bonchev–Trinajstić information content (AvgIpc) is 3.14. The zero-order chi connectivity index (χ0) is 19.1. The quantitative estimate of drug-likeness (QED) is 0.420. The molecule has 1 heterocycles. The molecule has 1 aromatic heterocycles. The third-order valence-corrected chi connectivity index (χ3v) is 6.00. The molecule has 0 saturated carbocycles. The minimum Gasteiger partial charge on any atom is -0.383 e. The largest absolute Gasteiger partial charge is 0.383 e. The van der Waals surface area contributed by atoms with Crippen LogP contribution in [0.2, 0.25) is 0 Å². The van der Waals surface area contributed by atoms with Crippen molar-refractivity contribution >= 4 is 44.9 Å². The van der Waals surface area contributed by atoms with Crippen LogP contribution in [-0.4, -0.2) is 42.1 Å². The third-order valence-electron chi connectivity index (χ3n) is 3.98. The molecule has 8 heteroatoms. The number of aromatic nitrogens is 2. The van der Waals surface area contributed by atoms with E-state index in [1.54, 1.807) is 7.11 Å². The lowest BCUT2D eigenvalue weighted by Crippen LogP contribution is -2.28. The topological polar surface area (TPSA) is 76.1 Å². The van der Waals surface area contributed by atoms with Gasteiger partial charge in [0.1, 0.15) is 0 Å². The maximum atomic E-state index is 12.3. The summed E-state index contributed by atoms with van der Waals surface area (Å²) in [6.45, 7) is 3.29. The summed E-state index contributed by atoms with van der Waals surface area (Å²) in [5.74, 6) is 0.284. The van der Waals surface area contributed by atoms with Crippen molar-refractivity contribution < 1.29 is 9.53 Å². The van der Waals surface area contributed by atoms with Crippen molar-refractivity contribution in [3.63, 3.8) is 0 Å². The maximum absolute atomic E-state index is 12.3. The number of nitrogens with zero attached hydrogens (tertiary/aromatic N) is 2. The molecule has 142 valence electrons. The van der Waals surface area contributed by atoms with Crippen molar-refractivity contribution in [3.8, 4) is 0 Å². The van der Waals surface area contributed by atoms with Gasteiger partial charge in [-0.3, -0.25) is 4.79 Å². The van der Waals surface area contributed by atoms with Gasteiger partial charge in [0.15, 0.2) is 4.34 Å². The number of carbonyl (C=O) groups excluding carboxylic acids is 1. The fraction of sp³-hybridized carbons (Fsp3) is 0.316. The van der Waals surface area contributed by atoms with Crippen molar-refractivity contribution in [2.45, 2.75) is 17.3 Å². The first-order valence-corrected chi connectivity index (χ1v) is 10.4. The van der Waals surface area contributed by atoms with Crippen molar-refractivity contribution in [1.29, 1.82) is 0 Å². The molecule has 6 nitrogen and oxygen atoms in total. The Labute approximate surface area is 166 Å². The summed E-state index contributed by atoms with van der Waals surface area (Å²) in [5.41, 5.74) is 1.12. The number of rotatable bonds is 9. The van der Waals surface area contributed by atoms with E-state index in [9.17, 15) is 4.79 Å². The van der Waals surface area contributed by atoms with Crippen LogP contribution in [0.3, 0.4) is 0 Å². The van der Waals surface area contributed by atoms with Crippen LogP contribution in [0.1, 0.15) is 18.5 Å². The first-order valence-electron chi connectivity index (χ1n) is 8.63. The summed E-state index contributed by atoms with van der Waals surface area (Å²) >= 11 is 2.83. The Morgan fingerprint density at radius 1 is 1.22 bits per heavy atom. The predicted molar refractivity (Wildman–Crippen MR) is 112 cm³/mol. The Morgan fingerprint density at radius 3 is 2.89 bits per heavy atom. The van der Waals surface area contributed by atoms with Crippen LogP contribution in [0, 0.1) is 0 Å². The van der Waals surface area contributed by atoms with Crippen molar-refractivity contribution in [2.24, 2.45) is 0 Å². The van der Waals surface area contributed by atoms with Gasteiger partial charge in [0.05, 0.1) is 18.4 Å². The summed E-state index contributed by atoms with van der Waals surface area (Å²) in [6.07, 6.45) is 0. The highest BCUT2D eigenvalue weighted by Gasteiger charge is 2.13. The lowest BCUT2D eigenvalue weighted by molar-refractivity contribution is -0.119. The lowest BCUT2D eigenvalue weighted by Gasteiger charge is -2.16. The fourth-order valence-electron chi connectivity index (χ4n) is 2.72. The predicted octanol–water partition coefficient (Wildman–Crippen LogP) is 3.72. The van der Waals surface area contributed by atoms with E-state index >= 15 is 0 Å². The standard InChI is InChI=1S/C19H22N4O2S2/c1-13(15-9-5-7-14-6-3-4-8-16(14)15)21-17(24)12-26-19-23-22-18(27-19)20-10-11-25-2/h3-9,13H,10-12H2,1-2H3,(H,20,22)(H,21,24)/t13-/m0/s1. The first-order chi connectivity index (χ1) is 13.2. The molecule has 0 aliphatic carbocycles. The summed E-state index contributed by atoms with van der Waals surface area (Å²) in [4.78, 5) is 12.3. The molecule has 0 fully saturated rings. The van der Waals surface area contributed by atoms with E-state index in [-0.39, 0.29) is 11.9 Å². The Balaban J connectivity index is 1.53. The summed E-state index contributed by atoms with van der Waals surface area (Å²) < 4.78 is 5.75. The number of anilines is 1. The number of amides is 1. The van der Waals surface area contributed by atoms with Gasteiger partial charge in [0.25, 0.3) is 0 Å². The Kier molecular flexibility index (Phi) is 7.03. The SMILES string of the molecule is COCCNc1nnc(SCC(=O)N[C@@H](C)c2cccc3ccccc23)s1. The van der Waals surface area contributed by atoms with Gasteiger partial charge in [-0.25, -0.2) is 0 Å². The second-order valence-electron chi connectivity index (χ2n) is 5.94. The molecule has 0 aliphatic rings. The molecule has 27 heavy (non-hydrogen) atoms. The zero-order valence-electron chi connectivity index (χ0n) is 15.3. The van der Waals surface area contributed by atoms with Crippen molar-refractivity contribution in [1.82, 2.24) is 15.5 Å². The van der Waals surface area contributed by atoms with Gasteiger partial charge in [0.2, 0.25) is 11.0 Å². The van der Waals surface area contributed by atoms with E-state index < -0.39 is 0 Å².